The molecule has 6 rings (SSSR count). The maximum Gasteiger partial charge on any atom is 0.139 e. The van der Waals surface area contributed by atoms with Crippen molar-refractivity contribution >= 4 is 5.78 Å². The van der Waals surface area contributed by atoms with Crippen LogP contribution in [-0.2, 0) is 14.9 Å². The van der Waals surface area contributed by atoms with E-state index in [1.54, 1.807) is 0 Å². The Morgan fingerprint density at radius 1 is 1.13 bits per heavy atom. The lowest BCUT2D eigenvalue weighted by Crippen LogP contribution is -2.56. The minimum atomic E-state index is -0.0494. The summed E-state index contributed by atoms with van der Waals surface area (Å²) in [5.41, 5.74) is 1.71. The lowest BCUT2D eigenvalue weighted by atomic mass is 9.42. The molecule has 0 aromatic heterocycles. The van der Waals surface area contributed by atoms with Crippen LogP contribution < -0.4 is 0 Å². The highest BCUT2D eigenvalue weighted by atomic mass is 16.5. The fourth-order valence-corrected chi connectivity index (χ4v) is 7.91. The number of nitrogens with zero attached hydrogens (tertiary/aromatic N) is 1. The second-order valence-electron chi connectivity index (χ2n) is 11.5. The average molecular weight is 410 g/mol. The number of carbonyl (C=O) groups is 1. The highest BCUT2D eigenvalue weighted by Crippen LogP contribution is 2.66. The molecule has 0 radical (unpaired) electrons. The van der Waals surface area contributed by atoms with E-state index in [0.29, 0.717) is 18.1 Å². The quantitative estimate of drug-likeness (QED) is 0.617. The van der Waals surface area contributed by atoms with Gasteiger partial charge in [-0.15, -0.1) is 0 Å². The van der Waals surface area contributed by atoms with Crippen LogP contribution in [-0.4, -0.2) is 43.0 Å². The number of ether oxygens (including phenoxy) is 1. The van der Waals surface area contributed by atoms with Crippen LogP contribution in [0, 0.1) is 23.2 Å². The monoisotopic (exact) mass is 409 g/mol. The van der Waals surface area contributed by atoms with E-state index in [-0.39, 0.29) is 16.9 Å². The molecule has 1 aromatic rings. The third-order valence-corrected chi connectivity index (χ3v) is 8.58. The second-order valence-corrected chi connectivity index (χ2v) is 11.5. The molecule has 4 aliphatic carbocycles. The Balaban J connectivity index is 1.27. The average Bonchev–Trinajstić information content (AvgIpc) is 2.71. The van der Waals surface area contributed by atoms with E-state index in [2.05, 4.69) is 49.1 Å². The topological polar surface area (TPSA) is 29.5 Å². The van der Waals surface area contributed by atoms with Crippen LogP contribution in [0.5, 0.6) is 0 Å². The summed E-state index contributed by atoms with van der Waals surface area (Å²) in [5, 5.41) is 0. The minimum Gasteiger partial charge on any atom is -0.376 e. The van der Waals surface area contributed by atoms with Crippen LogP contribution in [0.25, 0.3) is 0 Å². The molecule has 0 spiro atoms. The van der Waals surface area contributed by atoms with Gasteiger partial charge < -0.3 is 4.74 Å². The Kier molecular flexibility index (Phi) is 5.56. The lowest BCUT2D eigenvalue weighted by molar-refractivity contribution is -0.148. The van der Waals surface area contributed by atoms with Gasteiger partial charge in [0, 0.05) is 31.5 Å². The van der Waals surface area contributed by atoms with Crippen molar-refractivity contribution in [1.82, 2.24) is 4.90 Å². The summed E-state index contributed by atoms with van der Waals surface area (Å²) in [6.45, 7) is 8.55. The largest absolute Gasteiger partial charge is 0.376 e. The number of rotatable bonds is 7. The molecular formula is C27H39NO2. The van der Waals surface area contributed by atoms with Crippen molar-refractivity contribution < 1.29 is 9.53 Å². The SMILES string of the molecule is CC(C)CN1CCOC(CCC(=O)C23CC4CC(C2)CC(c2ccccc2)(C4)C3)C1. The maximum absolute atomic E-state index is 13.7. The predicted molar refractivity (Wildman–Crippen MR) is 120 cm³/mol. The number of morpholine rings is 1. The summed E-state index contributed by atoms with van der Waals surface area (Å²) >= 11 is 0. The Morgan fingerprint density at radius 2 is 1.87 bits per heavy atom. The summed E-state index contributed by atoms with van der Waals surface area (Å²) < 4.78 is 6.05. The van der Waals surface area contributed by atoms with Crippen LogP contribution in [0.1, 0.15) is 70.8 Å². The second kappa shape index (κ2) is 8.06. The minimum absolute atomic E-state index is 0.0494. The van der Waals surface area contributed by atoms with Crippen molar-refractivity contribution in [3.8, 4) is 0 Å². The number of hydrogen-bond donors (Lipinski definition) is 0. The summed E-state index contributed by atoms with van der Waals surface area (Å²) in [6, 6.07) is 11.1. The molecule has 0 N–H and O–H groups in total. The zero-order valence-corrected chi connectivity index (χ0v) is 18.9. The van der Waals surface area contributed by atoms with Gasteiger partial charge in [-0.3, -0.25) is 9.69 Å². The number of benzene rings is 1. The van der Waals surface area contributed by atoms with Gasteiger partial charge in [0.05, 0.1) is 12.7 Å². The van der Waals surface area contributed by atoms with Gasteiger partial charge in [-0.2, -0.15) is 0 Å². The van der Waals surface area contributed by atoms with Crippen LogP contribution >= 0.6 is 0 Å². The highest BCUT2D eigenvalue weighted by Gasteiger charge is 2.60. The molecule has 3 heteroatoms. The standard InChI is InChI=1S/C27H39NO2/c1-20(2)17-28-10-11-30-24(18-28)8-9-25(29)27-15-21-12-22(16-27)14-26(13-21,19-27)23-6-4-3-5-7-23/h3-7,20-22,24H,8-19H2,1-2H3. The lowest BCUT2D eigenvalue weighted by Gasteiger charge is -2.62. The van der Waals surface area contributed by atoms with Crippen molar-refractivity contribution in [3.05, 3.63) is 35.9 Å². The van der Waals surface area contributed by atoms with Crippen molar-refractivity contribution in [2.45, 2.75) is 76.7 Å². The molecule has 1 aromatic carbocycles. The number of Topliss-reactive ketones (excluding diaryl/α,β-unsaturated/α-hetero) is 1. The van der Waals surface area contributed by atoms with Crippen molar-refractivity contribution in [2.75, 3.05) is 26.2 Å². The first-order valence-corrected chi connectivity index (χ1v) is 12.4. The van der Waals surface area contributed by atoms with Crippen molar-refractivity contribution in [3.63, 3.8) is 0 Å². The third-order valence-electron chi connectivity index (χ3n) is 8.58. The van der Waals surface area contributed by atoms with E-state index in [4.69, 9.17) is 4.74 Å². The molecule has 0 amide bonds. The van der Waals surface area contributed by atoms with Gasteiger partial charge in [0.2, 0.25) is 0 Å². The van der Waals surface area contributed by atoms with Crippen LogP contribution in [0.4, 0.5) is 0 Å². The van der Waals surface area contributed by atoms with Crippen molar-refractivity contribution in [2.24, 2.45) is 23.2 Å². The van der Waals surface area contributed by atoms with Gasteiger partial charge in [-0.05, 0) is 73.7 Å². The van der Waals surface area contributed by atoms with Crippen LogP contribution in [0.2, 0.25) is 0 Å². The normalized spacial score (nSPS) is 38.3. The first-order chi connectivity index (χ1) is 14.5. The Hall–Kier alpha value is -1.19. The van der Waals surface area contributed by atoms with Gasteiger partial charge in [0.15, 0.2) is 0 Å². The smallest absolute Gasteiger partial charge is 0.139 e. The molecule has 3 atom stereocenters. The molecule has 3 unspecified atom stereocenters. The first-order valence-electron chi connectivity index (χ1n) is 12.4. The molecule has 5 fully saturated rings. The third kappa shape index (κ3) is 3.88. The first kappa shape index (κ1) is 20.7. The van der Waals surface area contributed by atoms with E-state index < -0.39 is 0 Å². The summed E-state index contributed by atoms with van der Waals surface area (Å²) in [6.07, 6.45) is 9.23. The van der Waals surface area contributed by atoms with E-state index >= 15 is 0 Å². The van der Waals surface area contributed by atoms with Crippen molar-refractivity contribution in [1.29, 1.82) is 0 Å². The molecule has 164 valence electrons. The number of carbonyl (C=O) groups excluding carboxylic acids is 1. The summed E-state index contributed by atoms with van der Waals surface area (Å²) in [4.78, 5) is 16.2. The van der Waals surface area contributed by atoms with Gasteiger partial charge >= 0.3 is 0 Å². The van der Waals surface area contributed by atoms with E-state index in [1.807, 2.05) is 0 Å². The van der Waals surface area contributed by atoms with Crippen LogP contribution in [0.3, 0.4) is 0 Å². The Bertz CT molecular complexity index is 743. The molecule has 1 heterocycles. The predicted octanol–water partition coefficient (Wildman–Crippen LogP) is 5.23. The fourth-order valence-electron chi connectivity index (χ4n) is 7.91. The number of ketones is 1. The van der Waals surface area contributed by atoms with E-state index in [0.717, 1.165) is 63.8 Å². The van der Waals surface area contributed by atoms with Gasteiger partial charge in [0.25, 0.3) is 0 Å². The zero-order chi connectivity index (χ0) is 20.8. The molecule has 5 aliphatic rings. The molecule has 30 heavy (non-hydrogen) atoms. The molecule has 1 aliphatic heterocycles. The van der Waals surface area contributed by atoms with E-state index in [1.165, 1.54) is 24.8 Å². The molecule has 3 nitrogen and oxygen atoms in total. The fraction of sp³-hybridized carbons (Fsp3) is 0.741. The Labute approximate surface area is 182 Å². The Morgan fingerprint density at radius 3 is 2.57 bits per heavy atom. The summed E-state index contributed by atoms with van der Waals surface area (Å²) in [7, 11) is 0. The van der Waals surface area contributed by atoms with Gasteiger partial charge in [-0.1, -0.05) is 44.2 Å². The van der Waals surface area contributed by atoms with Gasteiger partial charge in [0.1, 0.15) is 5.78 Å². The maximum atomic E-state index is 13.7. The number of hydrogen-bond acceptors (Lipinski definition) is 3. The van der Waals surface area contributed by atoms with Gasteiger partial charge in [-0.25, -0.2) is 0 Å². The highest BCUT2D eigenvalue weighted by molar-refractivity contribution is 5.85. The zero-order valence-electron chi connectivity index (χ0n) is 18.9. The van der Waals surface area contributed by atoms with Crippen LogP contribution in [0.15, 0.2) is 30.3 Å². The molecule has 1 saturated heterocycles. The van der Waals surface area contributed by atoms with E-state index in [9.17, 15) is 4.79 Å². The molecule has 4 saturated carbocycles. The summed E-state index contributed by atoms with van der Waals surface area (Å²) in [5.74, 6) is 2.75. The molecular weight excluding hydrogens is 370 g/mol. The molecule has 4 bridgehead atoms.